The third-order valence-electron chi connectivity index (χ3n) is 6.24. The van der Waals surface area contributed by atoms with Gasteiger partial charge in [0.1, 0.15) is 13.2 Å². The largest absolute Gasteiger partial charge is 0.486 e. The highest BCUT2D eigenvalue weighted by Gasteiger charge is 2.37. The molecule has 0 radical (unpaired) electrons. The summed E-state index contributed by atoms with van der Waals surface area (Å²) in [4.78, 5) is 17.0. The van der Waals surface area contributed by atoms with Crippen molar-refractivity contribution in [1.29, 1.82) is 0 Å². The third kappa shape index (κ3) is 3.97. The molecule has 0 bridgehead atoms. The van der Waals surface area contributed by atoms with Gasteiger partial charge >= 0.3 is 0 Å². The first-order valence-electron chi connectivity index (χ1n) is 10.6. The normalized spacial score (nSPS) is 19.9. The van der Waals surface area contributed by atoms with Crippen LogP contribution in [0.25, 0.3) is 0 Å². The van der Waals surface area contributed by atoms with Crippen LogP contribution in [0, 0.1) is 0 Å². The Hall–Kier alpha value is -2.15. The first kappa shape index (κ1) is 18.9. The maximum atomic E-state index is 12.6. The van der Waals surface area contributed by atoms with Crippen molar-refractivity contribution in [2.45, 2.75) is 55.1 Å². The summed E-state index contributed by atoms with van der Waals surface area (Å²) in [5, 5.41) is 4.15. The minimum absolute atomic E-state index is 0.0113. The SMILES string of the molecule is O=C(CSc1nccn1C1CC1)NCC1(c2ccc3c(c2)OCCO3)CCCC1. The summed E-state index contributed by atoms with van der Waals surface area (Å²) in [6, 6.07) is 6.86. The first-order valence-corrected chi connectivity index (χ1v) is 11.5. The van der Waals surface area contributed by atoms with Gasteiger partial charge in [-0.3, -0.25) is 4.79 Å². The van der Waals surface area contributed by atoms with Crippen molar-refractivity contribution >= 4 is 17.7 Å². The second-order valence-corrected chi connectivity index (χ2v) is 9.20. The molecule has 1 amide bonds. The van der Waals surface area contributed by atoms with Crippen LogP contribution < -0.4 is 14.8 Å². The monoisotopic (exact) mass is 413 g/mol. The lowest BCUT2D eigenvalue weighted by molar-refractivity contribution is -0.118. The fourth-order valence-corrected chi connectivity index (χ4v) is 5.34. The summed E-state index contributed by atoms with van der Waals surface area (Å²) in [6.07, 6.45) is 10.8. The molecule has 2 saturated carbocycles. The Morgan fingerprint density at radius 2 is 2.00 bits per heavy atom. The molecule has 2 fully saturated rings. The molecule has 154 valence electrons. The minimum Gasteiger partial charge on any atom is -0.486 e. The van der Waals surface area contributed by atoms with Crippen molar-refractivity contribution in [1.82, 2.24) is 14.9 Å². The fraction of sp³-hybridized carbons (Fsp3) is 0.545. The van der Waals surface area contributed by atoms with Gasteiger partial charge < -0.3 is 19.4 Å². The van der Waals surface area contributed by atoms with Gasteiger partial charge in [0.2, 0.25) is 5.91 Å². The highest BCUT2D eigenvalue weighted by Crippen LogP contribution is 2.44. The van der Waals surface area contributed by atoms with Gasteiger partial charge in [0.25, 0.3) is 0 Å². The third-order valence-corrected chi connectivity index (χ3v) is 7.23. The number of carbonyl (C=O) groups excluding carboxylic acids is 1. The van der Waals surface area contributed by atoms with Crippen molar-refractivity contribution in [3.63, 3.8) is 0 Å². The number of hydrogen-bond acceptors (Lipinski definition) is 5. The molecule has 2 heterocycles. The summed E-state index contributed by atoms with van der Waals surface area (Å²) in [6.45, 7) is 1.86. The molecule has 7 heteroatoms. The quantitative estimate of drug-likeness (QED) is 0.701. The molecule has 6 nitrogen and oxygen atoms in total. The van der Waals surface area contributed by atoms with E-state index in [-0.39, 0.29) is 11.3 Å². The van der Waals surface area contributed by atoms with E-state index in [0.717, 1.165) is 29.5 Å². The Morgan fingerprint density at radius 3 is 2.79 bits per heavy atom. The van der Waals surface area contributed by atoms with Gasteiger partial charge in [-0.05, 0) is 43.4 Å². The van der Waals surface area contributed by atoms with E-state index in [9.17, 15) is 4.79 Å². The van der Waals surface area contributed by atoms with Crippen LogP contribution in [0.3, 0.4) is 0 Å². The van der Waals surface area contributed by atoms with Gasteiger partial charge in [-0.1, -0.05) is 30.7 Å². The van der Waals surface area contributed by atoms with Crippen LogP contribution in [0.2, 0.25) is 0 Å². The Labute approximate surface area is 175 Å². The summed E-state index contributed by atoms with van der Waals surface area (Å²) >= 11 is 1.53. The Morgan fingerprint density at radius 1 is 1.21 bits per heavy atom. The highest BCUT2D eigenvalue weighted by molar-refractivity contribution is 7.99. The average molecular weight is 414 g/mol. The Balaban J connectivity index is 1.22. The minimum atomic E-state index is -0.0113. The lowest BCUT2D eigenvalue weighted by Crippen LogP contribution is -2.39. The molecule has 0 saturated heterocycles. The molecule has 0 atom stereocenters. The van der Waals surface area contributed by atoms with Crippen molar-refractivity contribution in [2.24, 2.45) is 0 Å². The fourth-order valence-electron chi connectivity index (χ4n) is 4.48. The molecule has 3 aliphatic rings. The van der Waals surface area contributed by atoms with E-state index in [1.807, 2.05) is 18.5 Å². The number of thioether (sulfide) groups is 1. The van der Waals surface area contributed by atoms with Crippen LogP contribution in [-0.2, 0) is 10.2 Å². The van der Waals surface area contributed by atoms with Crippen molar-refractivity contribution in [2.75, 3.05) is 25.5 Å². The highest BCUT2D eigenvalue weighted by atomic mass is 32.2. The number of imidazole rings is 1. The summed E-state index contributed by atoms with van der Waals surface area (Å²) < 4.78 is 13.6. The summed E-state index contributed by atoms with van der Waals surface area (Å²) in [5.74, 6) is 2.12. The van der Waals surface area contributed by atoms with Crippen LogP contribution in [0.5, 0.6) is 11.5 Å². The number of carbonyl (C=O) groups is 1. The van der Waals surface area contributed by atoms with Gasteiger partial charge in [-0.15, -0.1) is 0 Å². The van der Waals surface area contributed by atoms with E-state index in [4.69, 9.17) is 9.47 Å². The maximum absolute atomic E-state index is 12.6. The first-order chi connectivity index (χ1) is 14.2. The van der Waals surface area contributed by atoms with Crippen LogP contribution in [-0.4, -0.2) is 41.0 Å². The van der Waals surface area contributed by atoms with Crippen LogP contribution in [0.1, 0.15) is 50.1 Å². The molecular formula is C22H27N3O3S. The number of nitrogens with one attached hydrogen (secondary N) is 1. The predicted octanol–water partition coefficient (Wildman–Crippen LogP) is 3.71. The molecule has 5 rings (SSSR count). The van der Waals surface area contributed by atoms with Crippen LogP contribution in [0.4, 0.5) is 0 Å². The van der Waals surface area contributed by atoms with Crippen molar-refractivity contribution in [3.8, 4) is 11.5 Å². The predicted molar refractivity (Wildman–Crippen MR) is 112 cm³/mol. The van der Waals surface area contributed by atoms with E-state index < -0.39 is 0 Å². The van der Waals surface area contributed by atoms with E-state index in [2.05, 4.69) is 27.0 Å². The number of nitrogens with zero attached hydrogens (tertiary/aromatic N) is 2. The van der Waals surface area contributed by atoms with Crippen LogP contribution in [0.15, 0.2) is 35.7 Å². The van der Waals surface area contributed by atoms with Gasteiger partial charge in [0.15, 0.2) is 16.7 Å². The zero-order chi connectivity index (χ0) is 19.7. The van der Waals surface area contributed by atoms with E-state index in [1.165, 1.54) is 43.0 Å². The summed E-state index contributed by atoms with van der Waals surface area (Å²) in [5.41, 5.74) is 1.24. The Bertz CT molecular complexity index is 887. The molecule has 1 aliphatic heterocycles. The molecule has 0 unspecified atom stereocenters. The summed E-state index contributed by atoms with van der Waals surface area (Å²) in [7, 11) is 0. The molecule has 0 spiro atoms. The standard InChI is InChI=1S/C22H27N3O3S/c26-20(14-29-21-23-9-10-25(21)17-4-5-17)24-15-22(7-1-2-8-22)16-3-6-18-19(13-16)28-12-11-27-18/h3,6,9-10,13,17H,1-2,4-5,7-8,11-12,14-15H2,(H,24,26). The molecule has 1 aromatic carbocycles. The number of amides is 1. The zero-order valence-corrected chi connectivity index (χ0v) is 17.4. The maximum Gasteiger partial charge on any atom is 0.230 e. The number of fused-ring (bicyclic) bond motifs is 1. The number of rotatable bonds is 7. The van der Waals surface area contributed by atoms with Gasteiger partial charge in [-0.25, -0.2) is 4.98 Å². The lowest BCUT2D eigenvalue weighted by Gasteiger charge is -2.31. The number of hydrogen-bond donors (Lipinski definition) is 1. The number of ether oxygens (including phenoxy) is 2. The second kappa shape index (κ2) is 7.94. The second-order valence-electron chi connectivity index (χ2n) is 8.26. The van der Waals surface area contributed by atoms with Gasteiger partial charge in [0.05, 0.1) is 5.75 Å². The molecule has 2 aromatic rings. The van der Waals surface area contributed by atoms with E-state index in [1.54, 1.807) is 0 Å². The molecule has 1 aromatic heterocycles. The van der Waals surface area contributed by atoms with E-state index in [0.29, 0.717) is 31.6 Å². The molecule has 2 aliphatic carbocycles. The molecule has 29 heavy (non-hydrogen) atoms. The molecular weight excluding hydrogens is 386 g/mol. The van der Waals surface area contributed by atoms with Gasteiger partial charge in [-0.2, -0.15) is 0 Å². The van der Waals surface area contributed by atoms with Crippen molar-refractivity contribution < 1.29 is 14.3 Å². The van der Waals surface area contributed by atoms with E-state index >= 15 is 0 Å². The average Bonchev–Trinajstić information content (AvgIpc) is 3.29. The number of aromatic nitrogens is 2. The smallest absolute Gasteiger partial charge is 0.230 e. The van der Waals surface area contributed by atoms with Crippen LogP contribution >= 0.6 is 11.8 Å². The molecule has 1 N–H and O–H groups in total. The van der Waals surface area contributed by atoms with Crippen molar-refractivity contribution in [3.05, 3.63) is 36.2 Å². The number of benzene rings is 1. The van der Waals surface area contributed by atoms with Gasteiger partial charge in [0, 0.05) is 30.4 Å². The zero-order valence-electron chi connectivity index (χ0n) is 16.6. The lowest BCUT2D eigenvalue weighted by atomic mass is 9.78. The Kier molecular flexibility index (Phi) is 5.16. The topological polar surface area (TPSA) is 65.4 Å².